The van der Waals surface area contributed by atoms with Crippen LogP contribution in [0.3, 0.4) is 0 Å². The van der Waals surface area contributed by atoms with Gasteiger partial charge >= 0.3 is 0 Å². The molecule has 0 rings (SSSR count). The largest absolute Gasteiger partial charge is 0.397 e. The van der Waals surface area contributed by atoms with Crippen molar-refractivity contribution in [2.75, 3.05) is 5.88 Å². The molecule has 6 heteroatoms. The van der Waals surface area contributed by atoms with Gasteiger partial charge in [0.1, 0.15) is 15.4 Å². The van der Waals surface area contributed by atoms with E-state index in [0.29, 0.717) is 0 Å². The first-order chi connectivity index (χ1) is 10.5. The molecule has 0 aliphatic carbocycles. The lowest BCUT2D eigenvalue weighted by Gasteiger charge is -2.38. The summed E-state index contributed by atoms with van der Waals surface area (Å²) in [4.78, 5) is 0. The fraction of sp³-hybridized carbons (Fsp3) is 1.00. The third-order valence-corrected chi connectivity index (χ3v) is 16.3. The SMILES string of the molecule is CC[Si](CC)(CC)OC(O[Si](CC)(CC)CC)[Si]CCCCl. The van der Waals surface area contributed by atoms with E-state index in [2.05, 4.69) is 41.5 Å². The van der Waals surface area contributed by atoms with Crippen molar-refractivity contribution in [3.63, 3.8) is 0 Å². The van der Waals surface area contributed by atoms with E-state index in [-0.39, 0.29) is 5.91 Å². The van der Waals surface area contributed by atoms with Crippen molar-refractivity contribution in [2.24, 2.45) is 0 Å². The zero-order valence-electron chi connectivity index (χ0n) is 15.6. The number of hydrogen-bond acceptors (Lipinski definition) is 2. The van der Waals surface area contributed by atoms with Gasteiger partial charge in [0.25, 0.3) is 0 Å². The second-order valence-electron chi connectivity index (χ2n) is 6.05. The smallest absolute Gasteiger partial charge is 0.194 e. The molecule has 0 saturated carbocycles. The third-order valence-electron chi connectivity index (χ3n) is 5.20. The van der Waals surface area contributed by atoms with E-state index in [1.165, 1.54) is 36.3 Å². The van der Waals surface area contributed by atoms with Crippen molar-refractivity contribution in [3.8, 4) is 0 Å². The van der Waals surface area contributed by atoms with Crippen molar-refractivity contribution in [3.05, 3.63) is 0 Å². The summed E-state index contributed by atoms with van der Waals surface area (Å²) in [6.45, 7) is 13.8. The molecule has 0 amide bonds. The van der Waals surface area contributed by atoms with Gasteiger partial charge in [-0.05, 0) is 42.7 Å². The molecular weight excluding hydrogens is 344 g/mol. The molecule has 0 N–H and O–H groups in total. The Labute approximate surface area is 148 Å². The van der Waals surface area contributed by atoms with Gasteiger partial charge in [0.2, 0.25) is 0 Å². The van der Waals surface area contributed by atoms with E-state index in [4.69, 9.17) is 20.5 Å². The highest BCUT2D eigenvalue weighted by Gasteiger charge is 2.37. The summed E-state index contributed by atoms with van der Waals surface area (Å²) in [6, 6.07) is 8.30. The van der Waals surface area contributed by atoms with Crippen LogP contribution in [0.15, 0.2) is 0 Å². The average Bonchev–Trinajstić information content (AvgIpc) is 2.57. The minimum Gasteiger partial charge on any atom is -0.397 e. The molecule has 0 spiro atoms. The third kappa shape index (κ3) is 7.18. The summed E-state index contributed by atoms with van der Waals surface area (Å²) in [5, 5.41) is 0. The summed E-state index contributed by atoms with van der Waals surface area (Å²) < 4.78 is 13.4. The number of hydrogen-bond donors (Lipinski definition) is 0. The van der Waals surface area contributed by atoms with Crippen LogP contribution in [0.2, 0.25) is 42.3 Å². The zero-order chi connectivity index (χ0) is 17.1. The fourth-order valence-corrected chi connectivity index (χ4v) is 11.1. The van der Waals surface area contributed by atoms with Crippen LogP contribution in [0.1, 0.15) is 48.0 Å². The maximum Gasteiger partial charge on any atom is 0.194 e. The summed E-state index contributed by atoms with van der Waals surface area (Å²) in [5.41, 5.74) is 0. The molecule has 2 nitrogen and oxygen atoms in total. The molecule has 0 aromatic rings. The van der Waals surface area contributed by atoms with Crippen LogP contribution >= 0.6 is 11.6 Å². The molecule has 0 atom stereocenters. The molecule has 0 fully saturated rings. The lowest BCUT2D eigenvalue weighted by molar-refractivity contribution is 0.0530. The van der Waals surface area contributed by atoms with Crippen molar-refractivity contribution in [1.82, 2.24) is 0 Å². The molecule has 0 aromatic heterocycles. The number of alkyl halides is 1. The predicted molar refractivity (Wildman–Crippen MR) is 106 cm³/mol. The molecule has 0 aliphatic heterocycles. The second kappa shape index (κ2) is 12.3. The Morgan fingerprint density at radius 2 is 1.14 bits per heavy atom. The molecule has 2 radical (unpaired) electrons. The highest BCUT2D eigenvalue weighted by atomic mass is 35.5. The van der Waals surface area contributed by atoms with Gasteiger partial charge in [0, 0.05) is 5.88 Å². The van der Waals surface area contributed by atoms with Crippen LogP contribution in [-0.4, -0.2) is 37.9 Å². The van der Waals surface area contributed by atoms with Crippen LogP contribution in [0, 0.1) is 0 Å². The topological polar surface area (TPSA) is 18.5 Å². The van der Waals surface area contributed by atoms with Crippen molar-refractivity contribution in [2.45, 2.75) is 96.2 Å². The molecule has 0 bridgehead atoms. The van der Waals surface area contributed by atoms with Crippen molar-refractivity contribution in [1.29, 1.82) is 0 Å². The minimum absolute atomic E-state index is 0.0428. The molecule has 0 heterocycles. The summed E-state index contributed by atoms with van der Waals surface area (Å²) in [7, 11) is -2.48. The van der Waals surface area contributed by atoms with E-state index in [9.17, 15) is 0 Å². The Balaban J connectivity index is 5.01. The van der Waals surface area contributed by atoms with Gasteiger partial charge in [-0.1, -0.05) is 47.6 Å². The van der Waals surface area contributed by atoms with Gasteiger partial charge in [0.15, 0.2) is 16.6 Å². The zero-order valence-corrected chi connectivity index (χ0v) is 19.4. The van der Waals surface area contributed by atoms with E-state index in [0.717, 1.165) is 27.9 Å². The Kier molecular flexibility index (Phi) is 12.7. The van der Waals surface area contributed by atoms with Crippen LogP contribution < -0.4 is 0 Å². The lowest BCUT2D eigenvalue weighted by atomic mass is 10.6. The quantitative estimate of drug-likeness (QED) is 0.158. The lowest BCUT2D eigenvalue weighted by Crippen LogP contribution is -2.49. The van der Waals surface area contributed by atoms with E-state index < -0.39 is 16.6 Å². The van der Waals surface area contributed by atoms with E-state index in [1.54, 1.807) is 0 Å². The molecule has 0 unspecified atom stereocenters. The highest BCUT2D eigenvalue weighted by Crippen LogP contribution is 2.28. The van der Waals surface area contributed by atoms with Gasteiger partial charge in [-0.3, -0.25) is 0 Å². The van der Waals surface area contributed by atoms with Crippen LogP contribution in [0.5, 0.6) is 0 Å². The van der Waals surface area contributed by atoms with Crippen LogP contribution in [-0.2, 0) is 8.85 Å². The van der Waals surface area contributed by atoms with Gasteiger partial charge < -0.3 is 8.85 Å². The normalized spacial score (nSPS) is 13.1. The van der Waals surface area contributed by atoms with Gasteiger partial charge in [-0.2, -0.15) is 0 Å². The van der Waals surface area contributed by atoms with Crippen molar-refractivity contribution < 1.29 is 8.85 Å². The molecule has 0 saturated heterocycles. The monoisotopic (exact) mass is 380 g/mol. The van der Waals surface area contributed by atoms with Gasteiger partial charge in [0.05, 0.1) is 0 Å². The first kappa shape index (κ1) is 22.9. The predicted octanol–water partition coefficient (Wildman–Crippen LogP) is 6.07. The Hall–Kier alpha value is 0.861. The van der Waals surface area contributed by atoms with E-state index >= 15 is 0 Å². The molecule has 0 aromatic carbocycles. The standard InChI is InChI=1S/C16H37ClO2Si3/c1-7-21(8-2,9-3)18-16(20-15-13-14-17)19-22(10-4,11-5)12-6/h16H,7-15H2,1-6H3. The second-order valence-corrected chi connectivity index (χ2v) is 17.3. The Bertz CT molecular complexity index is 234. The molecular formula is C16H37ClO2Si3. The Morgan fingerprint density at radius 3 is 1.41 bits per heavy atom. The molecule has 132 valence electrons. The maximum absolute atomic E-state index is 6.71. The minimum atomic E-state index is -1.61. The molecule has 22 heavy (non-hydrogen) atoms. The Morgan fingerprint density at radius 1 is 0.773 bits per heavy atom. The molecule has 0 aliphatic rings. The summed E-state index contributed by atoms with van der Waals surface area (Å²) in [5.74, 6) is 0.788. The average molecular weight is 381 g/mol. The maximum atomic E-state index is 6.71. The van der Waals surface area contributed by atoms with E-state index in [1.807, 2.05) is 0 Å². The van der Waals surface area contributed by atoms with Gasteiger partial charge in [-0.15, -0.1) is 11.6 Å². The first-order valence-corrected chi connectivity index (χ1v) is 16.0. The number of rotatable bonds is 14. The van der Waals surface area contributed by atoms with Gasteiger partial charge in [-0.25, -0.2) is 0 Å². The van der Waals surface area contributed by atoms with Crippen molar-refractivity contribution >= 4 is 37.8 Å². The highest BCUT2D eigenvalue weighted by molar-refractivity contribution is 6.75. The summed E-state index contributed by atoms with van der Waals surface area (Å²) in [6.07, 6.45) is 1.07. The van der Waals surface area contributed by atoms with Crippen LogP contribution in [0.25, 0.3) is 0 Å². The first-order valence-electron chi connectivity index (χ1n) is 9.15. The number of halogens is 1. The fourth-order valence-electron chi connectivity index (χ4n) is 2.85. The van der Waals surface area contributed by atoms with Crippen LogP contribution in [0.4, 0.5) is 0 Å². The summed E-state index contributed by atoms with van der Waals surface area (Å²) >= 11 is 5.86.